The van der Waals surface area contributed by atoms with Gasteiger partial charge in [-0.1, -0.05) is 42.5 Å². The van der Waals surface area contributed by atoms with E-state index in [1.807, 2.05) is 30.3 Å². The Balaban J connectivity index is 0.00000109. The van der Waals surface area contributed by atoms with E-state index < -0.39 is 13.1 Å². The predicted molar refractivity (Wildman–Crippen MR) is 91.2 cm³/mol. The van der Waals surface area contributed by atoms with Gasteiger partial charge in [-0.3, -0.25) is 0 Å². The van der Waals surface area contributed by atoms with Gasteiger partial charge in [0.2, 0.25) is 0 Å². The van der Waals surface area contributed by atoms with Crippen molar-refractivity contribution in [1.29, 1.82) is 0 Å². The molecule has 0 spiro atoms. The normalized spacial score (nSPS) is 14.9. The van der Waals surface area contributed by atoms with Crippen molar-refractivity contribution < 1.29 is 59.0 Å². The third kappa shape index (κ3) is 5.84. The first-order chi connectivity index (χ1) is 12.1. The summed E-state index contributed by atoms with van der Waals surface area (Å²) in [4.78, 5) is 11.2. The molecule has 0 radical (unpaired) electrons. The molecule has 0 aliphatic carbocycles. The number of fused-ring (bicyclic) bond motifs is 1. The maximum atomic E-state index is 11.2. The number of para-hydroxylation sites is 1. The number of aliphatic hydroxyl groups excluding tert-OH is 1. The molecule has 26 heavy (non-hydrogen) atoms. The molecular formula is C18H20BNaO6. The molecule has 0 amide bonds. The SMILES string of the molecule is CO.O=C([O-])c1cccc2c1OB(O)CC2COCc1ccccc1.[Na+]. The number of ether oxygens (including phenoxy) is 1. The van der Waals surface area contributed by atoms with Crippen LogP contribution in [0.2, 0.25) is 6.32 Å². The van der Waals surface area contributed by atoms with Gasteiger partial charge in [0, 0.05) is 24.9 Å². The third-order valence-corrected chi connectivity index (χ3v) is 3.88. The van der Waals surface area contributed by atoms with Gasteiger partial charge in [-0.2, -0.15) is 0 Å². The zero-order valence-corrected chi connectivity index (χ0v) is 16.9. The fraction of sp³-hybridized carbons (Fsp3) is 0.278. The Bertz CT molecular complexity index is 697. The van der Waals surface area contributed by atoms with Gasteiger partial charge >= 0.3 is 36.7 Å². The third-order valence-electron chi connectivity index (χ3n) is 3.88. The van der Waals surface area contributed by atoms with Crippen LogP contribution in [-0.2, 0) is 11.3 Å². The number of hydrogen-bond acceptors (Lipinski definition) is 6. The quantitative estimate of drug-likeness (QED) is 0.585. The second-order valence-electron chi connectivity index (χ2n) is 5.52. The van der Waals surface area contributed by atoms with Gasteiger partial charge in [0.1, 0.15) is 5.75 Å². The zero-order chi connectivity index (χ0) is 18.2. The van der Waals surface area contributed by atoms with Crippen LogP contribution in [0.3, 0.4) is 0 Å². The molecule has 8 heteroatoms. The summed E-state index contributed by atoms with van der Waals surface area (Å²) in [7, 11) is -0.0478. The molecule has 1 unspecified atom stereocenters. The maximum absolute atomic E-state index is 11.2. The summed E-state index contributed by atoms with van der Waals surface area (Å²) >= 11 is 0. The summed E-state index contributed by atoms with van der Waals surface area (Å²) < 4.78 is 11.0. The molecule has 2 N–H and O–H groups in total. The fourth-order valence-electron chi connectivity index (χ4n) is 2.77. The van der Waals surface area contributed by atoms with Crippen LogP contribution in [0, 0.1) is 0 Å². The molecule has 0 bridgehead atoms. The van der Waals surface area contributed by atoms with Crippen molar-refractivity contribution in [2.24, 2.45) is 0 Å². The minimum absolute atomic E-state index is 0. The number of benzene rings is 2. The van der Waals surface area contributed by atoms with Crippen molar-refractivity contribution in [3.05, 3.63) is 65.2 Å². The molecule has 0 saturated carbocycles. The maximum Gasteiger partial charge on any atom is 1.00 e. The van der Waals surface area contributed by atoms with Gasteiger partial charge < -0.3 is 29.4 Å². The summed E-state index contributed by atoms with van der Waals surface area (Å²) in [6, 6.07) is 14.6. The Morgan fingerprint density at radius 1 is 1.23 bits per heavy atom. The van der Waals surface area contributed by atoms with Crippen LogP contribution in [-0.4, -0.2) is 36.9 Å². The standard InChI is InChI=1S/C17H17BO5.CH4O.Na/c19-17(20)15-8-4-7-14-13(9-18(21)23-16(14)15)11-22-10-12-5-2-1-3-6-12;1-2;/h1-8,13,21H,9-11H2,(H,19,20);2H,1H3;/q;;+1/p-1. The molecule has 3 rings (SSSR count). The first-order valence-electron chi connectivity index (χ1n) is 7.90. The molecule has 1 aliphatic heterocycles. The van der Waals surface area contributed by atoms with Gasteiger partial charge in [-0.25, -0.2) is 0 Å². The summed E-state index contributed by atoms with van der Waals surface area (Å²) in [5, 5.41) is 28.0. The average Bonchev–Trinajstić information content (AvgIpc) is 2.63. The van der Waals surface area contributed by atoms with Crippen LogP contribution in [0.1, 0.15) is 27.4 Å². The molecule has 0 saturated heterocycles. The van der Waals surface area contributed by atoms with E-state index in [0.29, 0.717) is 19.5 Å². The van der Waals surface area contributed by atoms with Crippen molar-refractivity contribution in [1.82, 2.24) is 0 Å². The van der Waals surface area contributed by atoms with Crippen molar-refractivity contribution in [3.8, 4) is 5.75 Å². The molecule has 1 aliphatic rings. The van der Waals surface area contributed by atoms with Crippen molar-refractivity contribution in [3.63, 3.8) is 0 Å². The number of hydrogen-bond donors (Lipinski definition) is 2. The molecule has 1 atom stereocenters. The molecule has 132 valence electrons. The van der Waals surface area contributed by atoms with E-state index in [-0.39, 0.29) is 46.8 Å². The van der Waals surface area contributed by atoms with Crippen LogP contribution < -0.4 is 39.3 Å². The van der Waals surface area contributed by atoms with Crippen molar-refractivity contribution in [2.75, 3.05) is 13.7 Å². The van der Waals surface area contributed by atoms with Gasteiger partial charge in [-0.05, 0) is 17.2 Å². The summed E-state index contributed by atoms with van der Waals surface area (Å²) in [6.07, 6.45) is 0.359. The summed E-state index contributed by atoms with van der Waals surface area (Å²) in [5.41, 5.74) is 1.74. The van der Waals surface area contributed by atoms with Gasteiger partial charge in [0.05, 0.1) is 19.2 Å². The number of carbonyl (C=O) groups excluding carboxylic acids is 1. The number of carbonyl (C=O) groups is 1. The molecule has 2 aromatic carbocycles. The first-order valence-corrected chi connectivity index (χ1v) is 7.90. The van der Waals surface area contributed by atoms with Gasteiger partial charge in [0.25, 0.3) is 0 Å². The van der Waals surface area contributed by atoms with E-state index in [1.165, 1.54) is 6.07 Å². The fourth-order valence-corrected chi connectivity index (χ4v) is 2.77. The van der Waals surface area contributed by atoms with Crippen LogP contribution in [0.25, 0.3) is 0 Å². The monoisotopic (exact) mass is 366 g/mol. The summed E-state index contributed by atoms with van der Waals surface area (Å²) in [5.74, 6) is -1.27. The topological polar surface area (TPSA) is 99.1 Å². The minimum Gasteiger partial charge on any atom is -0.545 e. The Kier molecular flexibility index (Phi) is 9.94. The first kappa shape index (κ1) is 22.7. The van der Waals surface area contributed by atoms with E-state index in [1.54, 1.807) is 12.1 Å². The van der Waals surface area contributed by atoms with E-state index in [4.69, 9.17) is 14.5 Å². The second-order valence-corrected chi connectivity index (χ2v) is 5.52. The van der Waals surface area contributed by atoms with E-state index >= 15 is 0 Å². The number of aromatic carboxylic acids is 1. The second kappa shape index (κ2) is 11.4. The molecule has 1 heterocycles. The number of aliphatic hydroxyl groups is 1. The minimum atomic E-state index is -1.32. The van der Waals surface area contributed by atoms with E-state index in [0.717, 1.165) is 18.2 Å². The van der Waals surface area contributed by atoms with Crippen LogP contribution in [0.5, 0.6) is 5.75 Å². The Morgan fingerprint density at radius 2 is 1.92 bits per heavy atom. The predicted octanol–water partition coefficient (Wildman–Crippen LogP) is -2.16. The molecule has 2 aromatic rings. The Hall–Kier alpha value is -1.35. The van der Waals surface area contributed by atoms with Gasteiger partial charge in [-0.15, -0.1) is 0 Å². The molecule has 6 nitrogen and oxygen atoms in total. The van der Waals surface area contributed by atoms with E-state index in [2.05, 4.69) is 0 Å². The molecule has 0 fully saturated rings. The molecule has 0 aromatic heterocycles. The number of carboxylic acids is 1. The van der Waals surface area contributed by atoms with Crippen molar-refractivity contribution >= 4 is 13.1 Å². The van der Waals surface area contributed by atoms with Crippen LogP contribution in [0.4, 0.5) is 0 Å². The zero-order valence-electron chi connectivity index (χ0n) is 14.9. The number of rotatable bonds is 5. The van der Waals surface area contributed by atoms with Gasteiger partial charge in [0.15, 0.2) is 0 Å². The van der Waals surface area contributed by atoms with Crippen molar-refractivity contribution in [2.45, 2.75) is 18.8 Å². The largest absolute Gasteiger partial charge is 1.00 e. The summed E-state index contributed by atoms with van der Waals surface area (Å²) in [6.45, 7) is 0.836. The Morgan fingerprint density at radius 3 is 2.58 bits per heavy atom. The number of carboxylic acid groups (broad SMARTS) is 1. The Labute approximate surface area is 175 Å². The van der Waals surface area contributed by atoms with E-state index in [9.17, 15) is 14.9 Å². The molecular weight excluding hydrogens is 346 g/mol. The van der Waals surface area contributed by atoms with Crippen LogP contribution in [0.15, 0.2) is 48.5 Å². The average molecular weight is 366 g/mol. The smallest absolute Gasteiger partial charge is 0.545 e. The van der Waals surface area contributed by atoms with Crippen LogP contribution >= 0.6 is 0 Å².